The molecule has 21 heavy (non-hydrogen) atoms. The van der Waals surface area contributed by atoms with Gasteiger partial charge >= 0.3 is 12.0 Å². The van der Waals surface area contributed by atoms with Crippen molar-refractivity contribution >= 4 is 23.3 Å². The van der Waals surface area contributed by atoms with Crippen LogP contribution < -0.4 is 10.6 Å². The predicted molar refractivity (Wildman–Crippen MR) is 76.1 cm³/mol. The summed E-state index contributed by atoms with van der Waals surface area (Å²) in [6.45, 7) is 2.49. The van der Waals surface area contributed by atoms with Crippen molar-refractivity contribution in [1.29, 1.82) is 0 Å². The number of carboxylic acid groups (broad SMARTS) is 1. The van der Waals surface area contributed by atoms with Crippen LogP contribution in [0.4, 0.5) is 4.79 Å². The molecule has 0 aliphatic rings. The molecule has 0 saturated carbocycles. The molecule has 0 spiro atoms. The maximum atomic E-state index is 11.7. The number of amides is 2. The quantitative estimate of drug-likeness (QED) is 0.759. The Kier molecular flexibility index (Phi) is 4.53. The Morgan fingerprint density at radius 2 is 2.10 bits per heavy atom. The molecule has 112 valence electrons. The summed E-state index contributed by atoms with van der Waals surface area (Å²) in [5.74, 6) is -1.07. The van der Waals surface area contributed by atoms with Crippen molar-refractivity contribution in [2.24, 2.45) is 7.05 Å². The molecule has 0 aliphatic carbocycles. The van der Waals surface area contributed by atoms with Crippen LogP contribution in [-0.2, 0) is 20.1 Å². The maximum Gasteiger partial charge on any atom is 0.355 e. The third-order valence-electron chi connectivity index (χ3n) is 2.95. The van der Waals surface area contributed by atoms with E-state index in [9.17, 15) is 9.59 Å². The van der Waals surface area contributed by atoms with Gasteiger partial charge in [-0.25, -0.2) is 14.6 Å². The van der Waals surface area contributed by atoms with Crippen molar-refractivity contribution in [3.8, 4) is 0 Å². The number of aryl methyl sites for hydroxylation is 1. The molecule has 0 aliphatic heterocycles. The zero-order valence-electron chi connectivity index (χ0n) is 11.6. The van der Waals surface area contributed by atoms with E-state index in [0.717, 1.165) is 11.3 Å². The smallest absolute Gasteiger partial charge is 0.355 e. The number of aromatic nitrogens is 3. The van der Waals surface area contributed by atoms with Crippen molar-refractivity contribution in [1.82, 2.24) is 25.4 Å². The lowest BCUT2D eigenvalue weighted by Crippen LogP contribution is -2.34. The minimum Gasteiger partial charge on any atom is -0.476 e. The van der Waals surface area contributed by atoms with Gasteiger partial charge in [-0.3, -0.25) is 4.68 Å². The van der Waals surface area contributed by atoms with E-state index in [1.807, 2.05) is 14.0 Å². The highest BCUT2D eigenvalue weighted by Gasteiger charge is 2.10. The SMILES string of the molecule is Cc1c(CNC(=O)NCc2nc(C(=O)O)cs2)cnn1C. The second-order valence-corrected chi connectivity index (χ2v) is 5.29. The maximum absolute atomic E-state index is 11.7. The highest BCUT2D eigenvalue weighted by molar-refractivity contribution is 7.09. The lowest BCUT2D eigenvalue weighted by molar-refractivity contribution is 0.0691. The van der Waals surface area contributed by atoms with Gasteiger partial charge in [-0.15, -0.1) is 11.3 Å². The second-order valence-electron chi connectivity index (χ2n) is 4.35. The first kappa shape index (κ1) is 15.0. The second kappa shape index (κ2) is 6.35. The highest BCUT2D eigenvalue weighted by atomic mass is 32.1. The first-order chi connectivity index (χ1) is 9.97. The Morgan fingerprint density at radius 3 is 2.67 bits per heavy atom. The molecule has 2 aromatic heterocycles. The summed E-state index contributed by atoms with van der Waals surface area (Å²) in [7, 11) is 1.83. The average molecular weight is 309 g/mol. The van der Waals surface area contributed by atoms with Gasteiger partial charge in [0.05, 0.1) is 12.7 Å². The van der Waals surface area contributed by atoms with Crippen molar-refractivity contribution in [2.45, 2.75) is 20.0 Å². The number of nitrogens with zero attached hydrogens (tertiary/aromatic N) is 3. The summed E-state index contributed by atoms with van der Waals surface area (Å²) in [4.78, 5) is 26.2. The Morgan fingerprint density at radius 1 is 1.38 bits per heavy atom. The molecule has 0 bridgehead atoms. The van der Waals surface area contributed by atoms with Crippen LogP contribution in [0.3, 0.4) is 0 Å². The van der Waals surface area contributed by atoms with Crippen LogP contribution in [0.1, 0.15) is 26.8 Å². The van der Waals surface area contributed by atoms with E-state index >= 15 is 0 Å². The van der Waals surface area contributed by atoms with Gasteiger partial charge in [0, 0.05) is 30.2 Å². The number of rotatable bonds is 5. The summed E-state index contributed by atoms with van der Waals surface area (Å²) in [6.07, 6.45) is 1.70. The van der Waals surface area contributed by atoms with Crippen LogP contribution in [0.15, 0.2) is 11.6 Å². The molecule has 2 amide bonds. The molecule has 0 saturated heterocycles. The van der Waals surface area contributed by atoms with Crippen LogP contribution in [0.25, 0.3) is 0 Å². The number of urea groups is 1. The van der Waals surface area contributed by atoms with Gasteiger partial charge in [-0.1, -0.05) is 0 Å². The molecule has 0 fully saturated rings. The van der Waals surface area contributed by atoms with Gasteiger partial charge in [0.1, 0.15) is 5.01 Å². The number of carbonyl (C=O) groups is 2. The fourth-order valence-corrected chi connectivity index (χ4v) is 2.31. The minimum absolute atomic E-state index is 0.0109. The van der Waals surface area contributed by atoms with E-state index in [-0.39, 0.29) is 18.3 Å². The van der Waals surface area contributed by atoms with Gasteiger partial charge in [-0.05, 0) is 6.92 Å². The van der Waals surface area contributed by atoms with Crippen LogP contribution in [0.2, 0.25) is 0 Å². The normalized spacial score (nSPS) is 10.4. The molecule has 8 nitrogen and oxygen atoms in total. The number of thiazole rings is 1. The van der Waals surface area contributed by atoms with E-state index in [4.69, 9.17) is 5.11 Å². The molecule has 2 aromatic rings. The third kappa shape index (κ3) is 3.78. The van der Waals surface area contributed by atoms with E-state index in [1.54, 1.807) is 10.9 Å². The number of hydrogen-bond acceptors (Lipinski definition) is 5. The van der Waals surface area contributed by atoms with E-state index < -0.39 is 5.97 Å². The number of carbonyl (C=O) groups excluding carboxylic acids is 1. The molecule has 0 unspecified atom stereocenters. The Bertz CT molecular complexity index is 664. The topological polar surface area (TPSA) is 109 Å². The number of aromatic carboxylic acids is 1. The fourth-order valence-electron chi connectivity index (χ4n) is 1.60. The number of carboxylic acids is 1. The molecular weight excluding hydrogens is 294 g/mol. The lowest BCUT2D eigenvalue weighted by atomic mass is 10.2. The molecular formula is C12H15N5O3S. The van der Waals surface area contributed by atoms with E-state index in [2.05, 4.69) is 20.7 Å². The zero-order chi connectivity index (χ0) is 15.4. The summed E-state index contributed by atoms with van der Waals surface area (Å²) in [5, 5.41) is 20.2. The van der Waals surface area contributed by atoms with Crippen LogP contribution in [0.5, 0.6) is 0 Å². The predicted octanol–water partition coefficient (Wildman–Crippen LogP) is 0.883. The first-order valence-corrected chi connectivity index (χ1v) is 7.02. The first-order valence-electron chi connectivity index (χ1n) is 6.14. The molecule has 2 heterocycles. The monoisotopic (exact) mass is 309 g/mol. The van der Waals surface area contributed by atoms with Gasteiger partial charge in [0.2, 0.25) is 0 Å². The van der Waals surface area contributed by atoms with Crippen molar-refractivity contribution < 1.29 is 14.7 Å². The molecule has 3 N–H and O–H groups in total. The fraction of sp³-hybridized carbons (Fsp3) is 0.333. The molecule has 0 aromatic carbocycles. The molecule has 9 heteroatoms. The van der Waals surface area contributed by atoms with E-state index in [0.29, 0.717) is 11.6 Å². The number of nitrogens with one attached hydrogen (secondary N) is 2. The summed E-state index contributed by atoms with van der Waals surface area (Å²) in [6, 6.07) is -0.342. The molecule has 2 rings (SSSR count). The van der Waals surface area contributed by atoms with Crippen molar-refractivity contribution in [3.05, 3.63) is 33.5 Å². The Hall–Kier alpha value is -2.42. The van der Waals surface area contributed by atoms with Crippen LogP contribution in [0, 0.1) is 6.92 Å². The van der Waals surface area contributed by atoms with Crippen LogP contribution in [-0.4, -0.2) is 31.9 Å². The standard InChI is InChI=1S/C12H15N5O3S/c1-7-8(4-15-17(7)2)3-13-12(20)14-5-10-16-9(6-21-10)11(18)19/h4,6H,3,5H2,1-2H3,(H,18,19)(H2,13,14,20). The zero-order valence-corrected chi connectivity index (χ0v) is 12.4. The van der Waals surface area contributed by atoms with Gasteiger partial charge in [0.25, 0.3) is 0 Å². The van der Waals surface area contributed by atoms with Crippen LogP contribution >= 0.6 is 11.3 Å². The lowest BCUT2D eigenvalue weighted by Gasteiger charge is -2.06. The van der Waals surface area contributed by atoms with Gasteiger partial charge < -0.3 is 15.7 Å². The van der Waals surface area contributed by atoms with Gasteiger partial charge in [0.15, 0.2) is 5.69 Å². The average Bonchev–Trinajstić information content (AvgIpc) is 3.04. The highest BCUT2D eigenvalue weighted by Crippen LogP contribution is 2.09. The van der Waals surface area contributed by atoms with E-state index in [1.165, 1.54) is 16.7 Å². The largest absolute Gasteiger partial charge is 0.476 e. The van der Waals surface area contributed by atoms with Crippen molar-refractivity contribution in [3.63, 3.8) is 0 Å². The third-order valence-corrected chi connectivity index (χ3v) is 3.80. The van der Waals surface area contributed by atoms with Crippen molar-refractivity contribution in [2.75, 3.05) is 0 Å². The molecule has 0 radical (unpaired) electrons. The minimum atomic E-state index is -1.07. The number of hydrogen-bond donors (Lipinski definition) is 3. The summed E-state index contributed by atoms with van der Waals surface area (Å²) in [5.41, 5.74) is 1.92. The Balaban J connectivity index is 1.79. The summed E-state index contributed by atoms with van der Waals surface area (Å²) >= 11 is 1.19. The summed E-state index contributed by atoms with van der Waals surface area (Å²) < 4.78 is 1.73. The van der Waals surface area contributed by atoms with Gasteiger partial charge in [-0.2, -0.15) is 5.10 Å². The molecule has 0 atom stereocenters. The Labute approximate surface area is 124 Å².